The fourth-order valence-corrected chi connectivity index (χ4v) is 5.56. The van der Waals surface area contributed by atoms with Crippen LogP contribution in [0.5, 0.6) is 0 Å². The molecule has 1 saturated heterocycles. The minimum absolute atomic E-state index is 0.00782. The monoisotopic (exact) mass is 454 g/mol. The highest BCUT2D eigenvalue weighted by molar-refractivity contribution is 7.99. The van der Waals surface area contributed by atoms with Crippen molar-refractivity contribution in [2.75, 3.05) is 24.4 Å². The topological polar surface area (TPSA) is 83.7 Å². The first-order valence-corrected chi connectivity index (χ1v) is 12.0. The second kappa shape index (κ2) is 8.94. The van der Waals surface area contributed by atoms with Crippen molar-refractivity contribution >= 4 is 40.4 Å². The lowest BCUT2D eigenvalue weighted by molar-refractivity contribution is -0.130. The molecule has 0 radical (unpaired) electrons. The molecule has 0 aromatic heterocycles. The normalized spacial score (nSPS) is 21.1. The van der Waals surface area contributed by atoms with E-state index in [9.17, 15) is 4.79 Å². The van der Waals surface area contributed by atoms with E-state index in [1.54, 1.807) is 18.9 Å². The first-order valence-electron chi connectivity index (χ1n) is 11.2. The van der Waals surface area contributed by atoms with E-state index in [1.165, 1.54) is 15.4 Å². The number of methoxy groups -OCH3 is 1. The molecular weight excluding hydrogens is 424 g/mol. The molecule has 1 unspecified atom stereocenters. The number of benzene rings is 2. The van der Waals surface area contributed by atoms with Crippen molar-refractivity contribution in [3.8, 4) is 0 Å². The van der Waals surface area contributed by atoms with Crippen LogP contribution in [0.15, 0.2) is 40.1 Å². The lowest BCUT2D eigenvalue weighted by Gasteiger charge is -2.34. The van der Waals surface area contributed by atoms with Crippen LogP contribution in [0.3, 0.4) is 0 Å². The Balaban J connectivity index is 1.28. The van der Waals surface area contributed by atoms with Gasteiger partial charge in [0.2, 0.25) is 5.91 Å². The number of hydrogen-bond donors (Lipinski definition) is 4. The molecule has 3 atom stereocenters. The Kier molecular flexibility index (Phi) is 6.03. The van der Waals surface area contributed by atoms with Crippen LogP contribution in [0.4, 0.5) is 22.7 Å². The van der Waals surface area contributed by atoms with E-state index in [-0.39, 0.29) is 24.3 Å². The Hall–Kier alpha value is -2.26. The largest absolute Gasteiger partial charge is 0.354 e. The van der Waals surface area contributed by atoms with E-state index in [0.29, 0.717) is 19.1 Å². The average molecular weight is 455 g/mol. The summed E-state index contributed by atoms with van der Waals surface area (Å²) in [6, 6.07) is 10.2. The summed E-state index contributed by atoms with van der Waals surface area (Å²) in [5, 5.41) is 13.7. The zero-order chi connectivity index (χ0) is 22.2. The molecule has 3 aliphatic heterocycles. The maximum absolute atomic E-state index is 13.1. The zero-order valence-corrected chi connectivity index (χ0v) is 19.5. The third-order valence-corrected chi connectivity index (χ3v) is 7.29. The molecule has 2 bridgehead atoms. The van der Waals surface area contributed by atoms with E-state index < -0.39 is 0 Å². The Morgan fingerprint density at radius 2 is 2.03 bits per heavy atom. The van der Waals surface area contributed by atoms with Crippen molar-refractivity contribution in [2.45, 2.75) is 61.4 Å². The minimum atomic E-state index is -0.368. The molecule has 2 aromatic carbocycles. The second-order valence-corrected chi connectivity index (χ2v) is 10.0. The van der Waals surface area contributed by atoms with Gasteiger partial charge in [0.05, 0.1) is 35.8 Å². The van der Waals surface area contributed by atoms with Crippen LogP contribution >= 0.6 is 11.8 Å². The maximum Gasteiger partial charge on any atom is 0.237 e. The second-order valence-electron chi connectivity index (χ2n) is 8.94. The Labute approximate surface area is 193 Å². The lowest BCUT2D eigenvalue weighted by atomic mass is 9.98. The van der Waals surface area contributed by atoms with E-state index in [1.807, 2.05) is 6.07 Å². The Morgan fingerprint density at radius 1 is 1.22 bits per heavy atom. The van der Waals surface area contributed by atoms with Crippen molar-refractivity contribution < 1.29 is 14.3 Å². The fraction of sp³-hybridized carbons (Fsp3) is 0.458. The van der Waals surface area contributed by atoms with Gasteiger partial charge in [0.25, 0.3) is 0 Å². The standard InChI is InChI=1S/C24H30N4O3S/c1-13(2)10-18(23(29)28-16-8-9-31-24(16)30-3)25-12-14-17-11-20-22(21(14)27-17)26-15-6-4-5-7-19(15)32-20/h4-7,11,13,16,18,24-27H,8-10,12H2,1-3H3,(H,28,29)/t16-,18-,24?/m0/s1. The molecule has 3 heterocycles. The number of fused-ring (bicyclic) bond motifs is 5. The van der Waals surface area contributed by atoms with E-state index in [2.05, 4.69) is 59.4 Å². The quantitative estimate of drug-likeness (QED) is 0.315. The predicted molar refractivity (Wildman–Crippen MR) is 127 cm³/mol. The summed E-state index contributed by atoms with van der Waals surface area (Å²) >= 11 is 1.79. The molecule has 4 N–H and O–H groups in total. The van der Waals surface area contributed by atoms with Gasteiger partial charge in [-0.1, -0.05) is 37.7 Å². The molecule has 0 spiro atoms. The van der Waals surface area contributed by atoms with Gasteiger partial charge in [0, 0.05) is 34.7 Å². The highest BCUT2D eigenvalue weighted by Gasteiger charge is 2.33. The number of carbonyl (C=O) groups is 1. The summed E-state index contributed by atoms with van der Waals surface area (Å²) in [7, 11) is 1.61. The van der Waals surface area contributed by atoms with E-state index in [4.69, 9.17) is 9.47 Å². The number of hydrogen-bond acceptors (Lipinski definition) is 7. The first-order chi connectivity index (χ1) is 15.5. The van der Waals surface area contributed by atoms with Gasteiger partial charge < -0.3 is 30.7 Å². The number of carbonyl (C=O) groups excluding carboxylic acids is 1. The van der Waals surface area contributed by atoms with Crippen molar-refractivity contribution in [3.05, 3.63) is 35.9 Å². The third kappa shape index (κ3) is 4.08. The van der Waals surface area contributed by atoms with Crippen LogP contribution in [0.25, 0.3) is 0 Å². The van der Waals surface area contributed by atoms with Gasteiger partial charge in [-0.2, -0.15) is 0 Å². The zero-order valence-electron chi connectivity index (χ0n) is 18.7. The molecule has 0 aliphatic carbocycles. The minimum Gasteiger partial charge on any atom is -0.354 e. The molecule has 8 heteroatoms. The Morgan fingerprint density at radius 3 is 2.84 bits per heavy atom. The number of ether oxygens (including phenoxy) is 2. The molecule has 2 aromatic rings. The summed E-state index contributed by atoms with van der Waals surface area (Å²) in [5.74, 6) is 0.405. The number of nitrogens with one attached hydrogen (secondary N) is 4. The lowest BCUT2D eigenvalue weighted by Crippen LogP contribution is -2.50. The van der Waals surface area contributed by atoms with Gasteiger partial charge in [0.1, 0.15) is 0 Å². The molecule has 7 nitrogen and oxygen atoms in total. The van der Waals surface area contributed by atoms with Gasteiger partial charge in [-0.3, -0.25) is 4.79 Å². The SMILES string of the molecule is COC1OCC[C@@H]1NC(=O)[C@H](CC(C)C)NCc1c2cc3c(c1N2)Nc1ccccc1S3. The number of para-hydroxylation sites is 1. The van der Waals surface area contributed by atoms with Crippen LogP contribution < -0.4 is 21.3 Å². The summed E-state index contributed by atoms with van der Waals surface area (Å²) in [6.45, 7) is 5.52. The number of rotatable bonds is 8. The summed E-state index contributed by atoms with van der Waals surface area (Å²) in [5.41, 5.74) is 5.73. The van der Waals surface area contributed by atoms with Crippen LogP contribution in [0.2, 0.25) is 0 Å². The van der Waals surface area contributed by atoms with Crippen LogP contribution in [-0.4, -0.2) is 38.0 Å². The molecule has 32 heavy (non-hydrogen) atoms. The van der Waals surface area contributed by atoms with E-state index >= 15 is 0 Å². The van der Waals surface area contributed by atoms with Gasteiger partial charge in [-0.05, 0) is 37.0 Å². The van der Waals surface area contributed by atoms with Crippen LogP contribution in [-0.2, 0) is 20.8 Å². The smallest absolute Gasteiger partial charge is 0.237 e. The van der Waals surface area contributed by atoms with Crippen LogP contribution in [0.1, 0.15) is 32.3 Å². The first kappa shape index (κ1) is 21.6. The van der Waals surface area contributed by atoms with Gasteiger partial charge in [-0.25, -0.2) is 0 Å². The Bertz CT molecular complexity index is 1030. The molecule has 0 saturated carbocycles. The molecule has 170 valence electrons. The number of amides is 1. The highest BCUT2D eigenvalue weighted by Crippen LogP contribution is 2.54. The fourth-order valence-electron chi connectivity index (χ4n) is 4.52. The predicted octanol–water partition coefficient (Wildman–Crippen LogP) is 4.33. The van der Waals surface area contributed by atoms with Gasteiger partial charge in [0.15, 0.2) is 6.29 Å². The number of anilines is 4. The third-order valence-electron chi connectivity index (χ3n) is 6.17. The summed E-state index contributed by atoms with van der Waals surface area (Å²) < 4.78 is 10.9. The van der Waals surface area contributed by atoms with Crippen molar-refractivity contribution in [1.82, 2.24) is 10.6 Å². The summed E-state index contributed by atoms with van der Waals surface area (Å²) in [6.07, 6.45) is 1.17. The maximum atomic E-state index is 13.1. The molecule has 1 amide bonds. The summed E-state index contributed by atoms with van der Waals surface area (Å²) in [4.78, 5) is 15.5. The highest BCUT2D eigenvalue weighted by atomic mass is 32.2. The van der Waals surface area contributed by atoms with Gasteiger partial charge >= 0.3 is 0 Å². The molecule has 3 aliphatic rings. The van der Waals surface area contributed by atoms with Crippen LogP contribution in [0, 0.1) is 5.92 Å². The van der Waals surface area contributed by atoms with E-state index in [0.717, 1.165) is 35.6 Å². The molecule has 1 fully saturated rings. The molecule has 5 rings (SSSR count). The van der Waals surface area contributed by atoms with Gasteiger partial charge in [-0.15, -0.1) is 0 Å². The van der Waals surface area contributed by atoms with Crippen molar-refractivity contribution in [3.63, 3.8) is 0 Å². The molecular formula is C24H30N4O3S. The average Bonchev–Trinajstić information content (AvgIpc) is 3.23. The van der Waals surface area contributed by atoms with Crippen molar-refractivity contribution in [1.29, 1.82) is 0 Å². The van der Waals surface area contributed by atoms with Crippen molar-refractivity contribution in [2.24, 2.45) is 5.92 Å².